The Kier molecular flexibility index (Phi) is 3.40. The summed E-state index contributed by atoms with van der Waals surface area (Å²) >= 11 is 0. The van der Waals surface area contributed by atoms with Crippen molar-refractivity contribution in [2.75, 3.05) is 11.9 Å². The van der Waals surface area contributed by atoms with Crippen molar-refractivity contribution >= 4 is 23.0 Å². The fourth-order valence-electron chi connectivity index (χ4n) is 1.60. The van der Waals surface area contributed by atoms with Gasteiger partial charge in [-0.05, 0) is 13.3 Å². The van der Waals surface area contributed by atoms with Crippen LogP contribution < -0.4 is 5.32 Å². The van der Waals surface area contributed by atoms with Crippen molar-refractivity contribution in [2.24, 2.45) is 0 Å². The van der Waals surface area contributed by atoms with Gasteiger partial charge in [0.25, 0.3) is 5.71 Å². The minimum atomic E-state index is -0.807. The number of aromatic nitrogens is 3. The minimum absolute atomic E-state index is 0.123. The van der Waals surface area contributed by atoms with Crippen LogP contribution in [0.3, 0.4) is 0 Å². The van der Waals surface area contributed by atoms with Crippen molar-refractivity contribution in [3.8, 4) is 0 Å². The van der Waals surface area contributed by atoms with Crippen molar-refractivity contribution in [1.82, 2.24) is 15.0 Å². The average molecular weight is 250 g/mol. The van der Waals surface area contributed by atoms with E-state index in [4.69, 9.17) is 9.52 Å². The number of hydrogen-bond acceptors (Lipinski definition) is 6. The van der Waals surface area contributed by atoms with E-state index in [1.807, 2.05) is 0 Å². The van der Waals surface area contributed by atoms with Crippen molar-refractivity contribution in [1.29, 1.82) is 0 Å². The largest absolute Gasteiger partial charge is 0.481 e. The molecular weight excluding hydrogens is 236 g/mol. The molecule has 0 aromatic carbocycles. The van der Waals surface area contributed by atoms with Crippen molar-refractivity contribution in [3.63, 3.8) is 0 Å². The van der Waals surface area contributed by atoms with Gasteiger partial charge in [-0.15, -0.1) is 0 Å². The molecule has 0 radical (unpaired) electrons. The van der Waals surface area contributed by atoms with E-state index in [9.17, 15) is 4.79 Å². The molecule has 0 spiro atoms. The van der Waals surface area contributed by atoms with Crippen molar-refractivity contribution in [2.45, 2.75) is 26.7 Å². The monoisotopic (exact) mass is 250 g/mol. The molecule has 18 heavy (non-hydrogen) atoms. The molecule has 0 unspecified atom stereocenters. The van der Waals surface area contributed by atoms with E-state index in [0.717, 1.165) is 0 Å². The minimum Gasteiger partial charge on any atom is -0.481 e. The first-order chi connectivity index (χ1) is 8.56. The van der Waals surface area contributed by atoms with Crippen molar-refractivity contribution in [3.05, 3.63) is 11.7 Å². The first kappa shape index (κ1) is 12.3. The lowest BCUT2D eigenvalue weighted by molar-refractivity contribution is -0.137. The summed E-state index contributed by atoms with van der Waals surface area (Å²) in [5.74, 6) is 0.885. The van der Waals surface area contributed by atoms with E-state index in [2.05, 4.69) is 20.3 Å². The van der Waals surface area contributed by atoms with Gasteiger partial charge in [0.1, 0.15) is 5.82 Å². The highest BCUT2D eigenvalue weighted by atomic mass is 16.4. The van der Waals surface area contributed by atoms with Gasteiger partial charge in [0, 0.05) is 19.9 Å². The Morgan fingerprint density at radius 2 is 2.11 bits per heavy atom. The molecule has 96 valence electrons. The second-order valence-electron chi connectivity index (χ2n) is 3.93. The summed E-state index contributed by atoms with van der Waals surface area (Å²) in [7, 11) is 0. The van der Waals surface area contributed by atoms with Gasteiger partial charge in [0.15, 0.2) is 17.2 Å². The topological polar surface area (TPSA) is 101 Å². The molecule has 0 amide bonds. The quantitative estimate of drug-likeness (QED) is 0.775. The second-order valence-corrected chi connectivity index (χ2v) is 3.93. The molecule has 7 heteroatoms. The summed E-state index contributed by atoms with van der Waals surface area (Å²) in [6.45, 7) is 4.02. The van der Waals surface area contributed by atoms with Crippen LogP contribution in [0.5, 0.6) is 0 Å². The number of oxazole rings is 1. The number of carboxylic acids is 1. The number of carboxylic acid groups (broad SMARTS) is 1. The Labute approximate surface area is 103 Å². The van der Waals surface area contributed by atoms with Crippen molar-refractivity contribution < 1.29 is 14.3 Å². The lowest BCUT2D eigenvalue weighted by Crippen LogP contribution is -2.07. The standard InChI is InChI=1S/C11H14N4O3/c1-6-13-10(12-5-3-4-8(16)17)9-11(14-6)18-7(2)15-9/h3-5H2,1-2H3,(H,16,17)(H,12,13,14). The zero-order chi connectivity index (χ0) is 13.1. The number of rotatable bonds is 5. The molecule has 2 aromatic rings. The van der Waals surface area contributed by atoms with Gasteiger partial charge < -0.3 is 14.8 Å². The molecule has 0 aliphatic carbocycles. The van der Waals surface area contributed by atoms with Crippen LogP contribution in [0.15, 0.2) is 4.42 Å². The number of aliphatic carboxylic acids is 1. The maximum Gasteiger partial charge on any atom is 0.303 e. The van der Waals surface area contributed by atoms with Gasteiger partial charge in [0.2, 0.25) is 0 Å². The summed E-state index contributed by atoms with van der Waals surface area (Å²) in [6.07, 6.45) is 0.648. The molecule has 0 aliphatic heterocycles. The molecule has 2 rings (SSSR count). The second kappa shape index (κ2) is 4.99. The van der Waals surface area contributed by atoms with E-state index < -0.39 is 5.97 Å². The summed E-state index contributed by atoms with van der Waals surface area (Å²) in [5.41, 5.74) is 1.02. The number of hydrogen-bond donors (Lipinski definition) is 2. The van der Waals surface area contributed by atoms with Crippen LogP contribution in [0.2, 0.25) is 0 Å². The molecule has 0 saturated carbocycles. The fourth-order valence-corrected chi connectivity index (χ4v) is 1.60. The lowest BCUT2D eigenvalue weighted by Gasteiger charge is -2.04. The molecule has 0 fully saturated rings. The Morgan fingerprint density at radius 3 is 2.83 bits per heavy atom. The van der Waals surface area contributed by atoms with Crippen LogP contribution in [0, 0.1) is 13.8 Å². The maximum atomic E-state index is 10.4. The molecule has 0 bridgehead atoms. The number of carbonyl (C=O) groups is 1. The van der Waals surface area contributed by atoms with Gasteiger partial charge >= 0.3 is 5.97 Å². The van der Waals surface area contributed by atoms with Gasteiger partial charge in [-0.25, -0.2) is 9.97 Å². The Bertz CT molecular complexity index is 579. The molecular formula is C11H14N4O3. The van der Waals surface area contributed by atoms with Crippen LogP contribution in [0.1, 0.15) is 24.6 Å². The highest BCUT2D eigenvalue weighted by molar-refractivity contribution is 5.81. The highest BCUT2D eigenvalue weighted by Gasteiger charge is 2.11. The smallest absolute Gasteiger partial charge is 0.303 e. The van der Waals surface area contributed by atoms with Gasteiger partial charge in [-0.3, -0.25) is 4.79 Å². The van der Waals surface area contributed by atoms with Gasteiger partial charge in [0.05, 0.1) is 0 Å². The summed E-state index contributed by atoms with van der Waals surface area (Å²) in [5, 5.41) is 11.6. The van der Waals surface area contributed by atoms with Crippen LogP contribution in [0.25, 0.3) is 11.2 Å². The van der Waals surface area contributed by atoms with Crippen LogP contribution in [0.4, 0.5) is 5.82 Å². The first-order valence-corrected chi connectivity index (χ1v) is 5.63. The predicted octanol–water partition coefficient (Wildman–Crippen LogP) is 1.51. The third-order valence-electron chi connectivity index (χ3n) is 2.34. The van der Waals surface area contributed by atoms with E-state index in [1.165, 1.54) is 0 Å². The van der Waals surface area contributed by atoms with E-state index in [1.54, 1.807) is 13.8 Å². The molecule has 7 nitrogen and oxygen atoms in total. The number of aryl methyl sites for hydroxylation is 2. The molecule has 2 N–H and O–H groups in total. The van der Waals surface area contributed by atoms with Crippen LogP contribution in [-0.4, -0.2) is 32.6 Å². The lowest BCUT2D eigenvalue weighted by atomic mass is 10.3. The maximum absolute atomic E-state index is 10.4. The molecule has 0 saturated heterocycles. The van der Waals surface area contributed by atoms with Gasteiger partial charge in [-0.1, -0.05) is 0 Å². The first-order valence-electron chi connectivity index (χ1n) is 5.63. The van der Waals surface area contributed by atoms with Gasteiger partial charge in [-0.2, -0.15) is 4.98 Å². The normalized spacial score (nSPS) is 10.8. The number of nitrogens with one attached hydrogen (secondary N) is 1. The Balaban J connectivity index is 2.14. The predicted molar refractivity (Wildman–Crippen MR) is 64.4 cm³/mol. The zero-order valence-corrected chi connectivity index (χ0v) is 10.2. The van der Waals surface area contributed by atoms with E-state index in [-0.39, 0.29) is 6.42 Å². The summed E-state index contributed by atoms with van der Waals surface area (Å²) in [6, 6.07) is 0. The molecule has 0 atom stereocenters. The van der Waals surface area contributed by atoms with E-state index in [0.29, 0.717) is 41.7 Å². The fraction of sp³-hybridized carbons (Fsp3) is 0.455. The third-order valence-corrected chi connectivity index (χ3v) is 2.34. The molecule has 2 aromatic heterocycles. The molecule has 0 aliphatic rings. The SMILES string of the molecule is Cc1nc(NCCCC(=O)O)c2nc(C)oc2n1. The summed E-state index contributed by atoms with van der Waals surface area (Å²) in [4.78, 5) is 23.0. The third kappa shape index (κ3) is 2.73. The van der Waals surface area contributed by atoms with Crippen LogP contribution in [-0.2, 0) is 4.79 Å². The number of anilines is 1. The van der Waals surface area contributed by atoms with E-state index >= 15 is 0 Å². The Hall–Kier alpha value is -2.18. The zero-order valence-electron chi connectivity index (χ0n) is 10.2. The average Bonchev–Trinajstić information content (AvgIpc) is 2.64. The Morgan fingerprint density at radius 1 is 1.33 bits per heavy atom. The summed E-state index contributed by atoms with van der Waals surface area (Å²) < 4.78 is 5.34. The number of nitrogens with zero attached hydrogens (tertiary/aromatic N) is 3. The molecule has 2 heterocycles. The number of fused-ring (bicyclic) bond motifs is 1. The highest BCUT2D eigenvalue weighted by Crippen LogP contribution is 2.20. The van der Waals surface area contributed by atoms with Crippen LogP contribution >= 0.6 is 0 Å².